The molecular formula is C25H36N8. The Morgan fingerprint density at radius 3 is 2.58 bits per heavy atom. The second-order valence-corrected chi connectivity index (χ2v) is 9.73. The van der Waals surface area contributed by atoms with Crippen LogP contribution in [0.5, 0.6) is 0 Å². The van der Waals surface area contributed by atoms with E-state index < -0.39 is 0 Å². The van der Waals surface area contributed by atoms with E-state index in [0.29, 0.717) is 23.9 Å². The maximum Gasteiger partial charge on any atom is 0.228 e. The molecule has 0 amide bonds. The van der Waals surface area contributed by atoms with Gasteiger partial charge in [-0.2, -0.15) is 0 Å². The largest absolute Gasteiger partial charge is 0.388 e. The molecule has 0 aromatic carbocycles. The number of hydrogen-bond acceptors (Lipinski definition) is 8. The van der Waals surface area contributed by atoms with Crippen molar-refractivity contribution in [2.24, 2.45) is 5.92 Å². The lowest BCUT2D eigenvalue weighted by Crippen LogP contribution is -2.43. The van der Waals surface area contributed by atoms with Crippen molar-refractivity contribution in [2.45, 2.75) is 46.5 Å². The summed E-state index contributed by atoms with van der Waals surface area (Å²) in [4.78, 5) is 16.5. The topological polar surface area (TPSA) is 102 Å². The SMILES string of the molecule is CCN/C(=C1\C(=N)CC(C)(C)c2cnc(Nc3ccc(N4CCNCC4)cn3)nc21)C(C)C. The average molecular weight is 449 g/mol. The monoisotopic (exact) mass is 448 g/mol. The van der Waals surface area contributed by atoms with Gasteiger partial charge in [-0.1, -0.05) is 27.7 Å². The first-order valence-electron chi connectivity index (χ1n) is 11.9. The summed E-state index contributed by atoms with van der Waals surface area (Å²) < 4.78 is 0. The van der Waals surface area contributed by atoms with Crippen LogP contribution in [0, 0.1) is 11.3 Å². The lowest BCUT2D eigenvalue weighted by atomic mass is 9.71. The van der Waals surface area contributed by atoms with Crippen LogP contribution in [0.4, 0.5) is 17.5 Å². The fourth-order valence-corrected chi connectivity index (χ4v) is 4.64. The van der Waals surface area contributed by atoms with Crippen molar-refractivity contribution in [2.75, 3.05) is 42.9 Å². The standard InChI is InChI=1S/C25H36N8/c1-6-28-22(16(2)3)21-19(26)13-25(4,5)18-15-30-24(32-23(18)21)31-20-8-7-17(14-29-20)33-11-9-27-10-12-33/h7-8,14-16,26-28H,6,9-13H2,1-5H3,(H,29,30,31,32)/b22-21+,26-19?. The molecule has 33 heavy (non-hydrogen) atoms. The summed E-state index contributed by atoms with van der Waals surface area (Å²) in [6.07, 6.45) is 4.48. The highest BCUT2D eigenvalue weighted by Gasteiger charge is 2.36. The quantitative estimate of drug-likeness (QED) is 0.534. The van der Waals surface area contributed by atoms with Crippen LogP contribution in [0.2, 0.25) is 0 Å². The molecule has 2 aromatic rings. The third-order valence-corrected chi connectivity index (χ3v) is 6.36. The van der Waals surface area contributed by atoms with Crippen molar-refractivity contribution in [1.29, 1.82) is 5.41 Å². The zero-order chi connectivity index (χ0) is 23.6. The number of rotatable bonds is 6. The van der Waals surface area contributed by atoms with Gasteiger partial charge in [-0.3, -0.25) is 0 Å². The molecule has 0 radical (unpaired) electrons. The van der Waals surface area contributed by atoms with E-state index in [0.717, 1.165) is 60.9 Å². The molecule has 0 saturated carbocycles. The highest BCUT2D eigenvalue weighted by Crippen LogP contribution is 2.41. The fourth-order valence-electron chi connectivity index (χ4n) is 4.64. The highest BCUT2D eigenvalue weighted by atomic mass is 15.2. The first kappa shape index (κ1) is 23.2. The van der Waals surface area contributed by atoms with Crippen LogP contribution in [-0.2, 0) is 5.41 Å². The number of pyridine rings is 1. The minimum absolute atomic E-state index is 0.189. The Kier molecular flexibility index (Phi) is 6.65. The Morgan fingerprint density at radius 2 is 1.94 bits per heavy atom. The number of anilines is 3. The van der Waals surface area contributed by atoms with E-state index >= 15 is 0 Å². The van der Waals surface area contributed by atoms with Crippen molar-refractivity contribution in [3.8, 4) is 0 Å². The molecule has 0 atom stereocenters. The number of allylic oxidation sites excluding steroid dienone is 2. The Hall–Kier alpha value is -3.00. The van der Waals surface area contributed by atoms with Crippen LogP contribution in [0.1, 0.15) is 52.3 Å². The molecule has 0 spiro atoms. The number of nitrogens with zero attached hydrogens (tertiary/aromatic N) is 4. The Labute approximate surface area is 196 Å². The van der Waals surface area contributed by atoms with Crippen molar-refractivity contribution in [1.82, 2.24) is 25.6 Å². The van der Waals surface area contributed by atoms with E-state index in [4.69, 9.17) is 10.4 Å². The van der Waals surface area contributed by atoms with Crippen LogP contribution in [0.25, 0.3) is 5.57 Å². The van der Waals surface area contributed by atoms with Gasteiger partial charge in [0.2, 0.25) is 5.95 Å². The predicted octanol–water partition coefficient (Wildman–Crippen LogP) is 3.70. The van der Waals surface area contributed by atoms with Gasteiger partial charge in [0.1, 0.15) is 5.82 Å². The van der Waals surface area contributed by atoms with Gasteiger partial charge >= 0.3 is 0 Å². The van der Waals surface area contributed by atoms with E-state index in [2.05, 4.69) is 71.5 Å². The van der Waals surface area contributed by atoms with Crippen molar-refractivity contribution in [3.63, 3.8) is 0 Å². The van der Waals surface area contributed by atoms with Crippen molar-refractivity contribution in [3.05, 3.63) is 41.5 Å². The Morgan fingerprint density at radius 1 is 1.18 bits per heavy atom. The molecular weight excluding hydrogens is 412 g/mol. The zero-order valence-electron chi connectivity index (χ0n) is 20.4. The van der Waals surface area contributed by atoms with Crippen LogP contribution >= 0.6 is 0 Å². The summed E-state index contributed by atoms with van der Waals surface area (Å²) in [5.74, 6) is 1.47. The minimum Gasteiger partial charge on any atom is -0.388 e. The van der Waals surface area contributed by atoms with E-state index in [-0.39, 0.29) is 11.3 Å². The summed E-state index contributed by atoms with van der Waals surface area (Å²) >= 11 is 0. The second-order valence-electron chi connectivity index (χ2n) is 9.73. The fraction of sp³-hybridized carbons (Fsp3) is 0.520. The molecule has 1 aliphatic heterocycles. The summed E-state index contributed by atoms with van der Waals surface area (Å²) in [5, 5.41) is 19.0. The minimum atomic E-state index is -0.189. The molecule has 1 saturated heterocycles. The lowest BCUT2D eigenvalue weighted by Gasteiger charge is -2.35. The summed E-state index contributed by atoms with van der Waals surface area (Å²) in [6, 6.07) is 4.06. The highest BCUT2D eigenvalue weighted by molar-refractivity contribution is 6.24. The molecule has 2 aromatic heterocycles. The van der Waals surface area contributed by atoms with Crippen molar-refractivity contribution < 1.29 is 0 Å². The number of aromatic nitrogens is 3. The third kappa shape index (κ3) is 4.85. The van der Waals surface area contributed by atoms with Crippen LogP contribution in [0.15, 0.2) is 30.2 Å². The molecule has 3 heterocycles. The van der Waals surface area contributed by atoms with E-state index in [1.165, 1.54) is 0 Å². The first-order chi connectivity index (χ1) is 15.8. The molecule has 4 rings (SSSR count). The summed E-state index contributed by atoms with van der Waals surface area (Å²) in [6.45, 7) is 15.5. The molecule has 1 aliphatic carbocycles. The molecule has 4 N–H and O–H groups in total. The number of fused-ring (bicyclic) bond motifs is 1. The predicted molar refractivity (Wildman–Crippen MR) is 135 cm³/mol. The average Bonchev–Trinajstić information content (AvgIpc) is 2.79. The maximum absolute atomic E-state index is 8.85. The van der Waals surface area contributed by atoms with Gasteiger partial charge in [-0.15, -0.1) is 0 Å². The number of nitrogens with one attached hydrogen (secondary N) is 4. The smallest absolute Gasteiger partial charge is 0.228 e. The van der Waals surface area contributed by atoms with Gasteiger partial charge in [0.15, 0.2) is 0 Å². The van der Waals surface area contributed by atoms with Gasteiger partial charge < -0.3 is 26.3 Å². The first-order valence-corrected chi connectivity index (χ1v) is 11.9. The van der Waals surface area contributed by atoms with Gasteiger partial charge in [0.05, 0.1) is 17.6 Å². The van der Waals surface area contributed by atoms with Gasteiger partial charge in [-0.05, 0) is 36.8 Å². The summed E-state index contributed by atoms with van der Waals surface area (Å²) in [5.41, 5.74) is 5.47. The molecule has 176 valence electrons. The normalized spacial score (nSPS) is 19.3. The molecule has 0 unspecified atom stereocenters. The maximum atomic E-state index is 8.85. The molecule has 0 bridgehead atoms. The number of piperazine rings is 1. The lowest BCUT2D eigenvalue weighted by molar-refractivity contribution is 0.535. The molecule has 8 heteroatoms. The third-order valence-electron chi connectivity index (χ3n) is 6.36. The van der Waals surface area contributed by atoms with Gasteiger partial charge in [0.25, 0.3) is 0 Å². The Balaban J connectivity index is 1.67. The second kappa shape index (κ2) is 9.47. The molecule has 8 nitrogen and oxygen atoms in total. The van der Waals surface area contributed by atoms with Gasteiger partial charge in [-0.25, -0.2) is 15.0 Å². The van der Waals surface area contributed by atoms with Crippen LogP contribution in [0.3, 0.4) is 0 Å². The van der Waals surface area contributed by atoms with Crippen LogP contribution in [-0.4, -0.2) is 53.4 Å². The van der Waals surface area contributed by atoms with E-state index in [9.17, 15) is 0 Å². The molecule has 1 fully saturated rings. The van der Waals surface area contributed by atoms with Crippen molar-refractivity contribution >= 4 is 28.7 Å². The van der Waals surface area contributed by atoms with E-state index in [1.54, 1.807) is 0 Å². The summed E-state index contributed by atoms with van der Waals surface area (Å²) in [7, 11) is 0. The Bertz CT molecular complexity index is 1030. The van der Waals surface area contributed by atoms with Gasteiger partial charge in [0, 0.05) is 61.5 Å². The van der Waals surface area contributed by atoms with E-state index in [1.807, 2.05) is 18.5 Å². The number of hydrogen-bond donors (Lipinski definition) is 4. The molecule has 2 aliphatic rings. The van der Waals surface area contributed by atoms with Crippen LogP contribution < -0.4 is 20.9 Å². The zero-order valence-corrected chi connectivity index (χ0v) is 20.4.